The summed E-state index contributed by atoms with van der Waals surface area (Å²) in [5.74, 6) is 0.599. The Balaban J connectivity index is 2.81. The van der Waals surface area contributed by atoms with Crippen molar-refractivity contribution in [2.45, 2.75) is 6.42 Å². The van der Waals surface area contributed by atoms with Crippen molar-refractivity contribution in [3.8, 4) is 0 Å². The summed E-state index contributed by atoms with van der Waals surface area (Å²) < 4.78 is 0. The van der Waals surface area contributed by atoms with Crippen molar-refractivity contribution in [3.63, 3.8) is 0 Å². The predicted molar refractivity (Wildman–Crippen MR) is 58.6 cm³/mol. The molecule has 0 spiro atoms. The molecule has 0 aliphatic carbocycles. The van der Waals surface area contributed by atoms with Gasteiger partial charge in [-0.3, -0.25) is 0 Å². The highest BCUT2D eigenvalue weighted by Crippen LogP contribution is 2.18. The summed E-state index contributed by atoms with van der Waals surface area (Å²) in [6, 6.07) is 1.77. The monoisotopic (exact) mass is 235 g/mol. The van der Waals surface area contributed by atoms with Crippen molar-refractivity contribution in [2.75, 3.05) is 5.88 Å². The Hall–Kier alpha value is -0.240. The quantitative estimate of drug-likeness (QED) is 0.570. The smallest absolute Gasteiger partial charge is 0.136 e. The Bertz CT molecular complexity index is 310. The Labute approximate surface area is 92.3 Å². The second kappa shape index (κ2) is 5.48. The van der Waals surface area contributed by atoms with Gasteiger partial charge in [0.05, 0.1) is 5.02 Å². The van der Waals surface area contributed by atoms with Crippen molar-refractivity contribution in [1.29, 1.82) is 0 Å². The number of allylic oxidation sites excluding steroid dienone is 1. The van der Waals surface area contributed by atoms with E-state index in [0.717, 1.165) is 12.0 Å². The van der Waals surface area contributed by atoms with Crippen LogP contribution < -0.4 is 0 Å². The highest BCUT2D eigenvalue weighted by Gasteiger charge is 1.97. The molecule has 0 N–H and O–H groups in total. The van der Waals surface area contributed by atoms with E-state index in [1.807, 2.05) is 12.2 Å². The lowest BCUT2D eigenvalue weighted by atomic mass is 10.2. The van der Waals surface area contributed by atoms with Crippen molar-refractivity contribution in [3.05, 3.63) is 34.1 Å². The van der Waals surface area contributed by atoms with E-state index < -0.39 is 0 Å². The fraction of sp³-hybridized carbons (Fsp3) is 0.222. The van der Waals surface area contributed by atoms with Crippen LogP contribution in [0.25, 0.3) is 6.08 Å². The van der Waals surface area contributed by atoms with Crippen LogP contribution in [0.15, 0.2) is 18.3 Å². The van der Waals surface area contributed by atoms with Crippen LogP contribution in [0.3, 0.4) is 0 Å². The van der Waals surface area contributed by atoms with Crippen LogP contribution in [-0.4, -0.2) is 10.9 Å². The summed E-state index contributed by atoms with van der Waals surface area (Å²) in [7, 11) is 0. The zero-order valence-electron chi connectivity index (χ0n) is 6.80. The minimum atomic E-state index is 0.454. The first kappa shape index (κ1) is 10.8. The van der Waals surface area contributed by atoms with Gasteiger partial charge >= 0.3 is 0 Å². The van der Waals surface area contributed by atoms with Crippen molar-refractivity contribution < 1.29 is 0 Å². The van der Waals surface area contributed by atoms with Crippen molar-refractivity contribution >= 4 is 40.9 Å². The van der Waals surface area contributed by atoms with Gasteiger partial charge in [0.2, 0.25) is 0 Å². The lowest BCUT2D eigenvalue weighted by Crippen LogP contribution is -1.80. The van der Waals surface area contributed by atoms with E-state index in [1.165, 1.54) is 6.20 Å². The van der Waals surface area contributed by atoms with E-state index >= 15 is 0 Å². The predicted octanol–water partition coefficient (Wildman–Crippen LogP) is 4.03. The maximum absolute atomic E-state index is 5.82. The molecule has 1 heterocycles. The average Bonchev–Trinajstić information content (AvgIpc) is 2.11. The lowest BCUT2D eigenvalue weighted by molar-refractivity contribution is 1.24. The molecule has 1 rings (SSSR count). The highest BCUT2D eigenvalue weighted by molar-refractivity contribution is 6.33. The number of alkyl halides is 1. The zero-order chi connectivity index (χ0) is 9.68. The van der Waals surface area contributed by atoms with Crippen LogP contribution in [0.1, 0.15) is 12.0 Å². The van der Waals surface area contributed by atoms with E-state index in [0.29, 0.717) is 16.1 Å². The SMILES string of the molecule is ClCCC=Cc1cc(Cl)cnc1Cl. The van der Waals surface area contributed by atoms with Crippen LogP contribution >= 0.6 is 34.8 Å². The molecular weight excluding hydrogens is 228 g/mol. The fourth-order valence-electron chi connectivity index (χ4n) is 0.828. The van der Waals surface area contributed by atoms with Gasteiger partial charge in [-0.15, -0.1) is 11.6 Å². The van der Waals surface area contributed by atoms with Gasteiger partial charge in [-0.05, 0) is 12.5 Å². The van der Waals surface area contributed by atoms with Gasteiger partial charge < -0.3 is 0 Å². The van der Waals surface area contributed by atoms with Gasteiger partial charge in [-0.2, -0.15) is 0 Å². The zero-order valence-corrected chi connectivity index (χ0v) is 9.07. The van der Waals surface area contributed by atoms with Crippen LogP contribution in [0.2, 0.25) is 10.2 Å². The van der Waals surface area contributed by atoms with Gasteiger partial charge in [-0.1, -0.05) is 35.4 Å². The summed E-state index contributed by atoms with van der Waals surface area (Å²) in [6.45, 7) is 0. The second-order valence-electron chi connectivity index (χ2n) is 2.41. The second-order valence-corrected chi connectivity index (χ2v) is 3.59. The molecule has 0 unspecified atom stereocenters. The molecule has 0 aliphatic rings. The molecule has 4 heteroatoms. The number of rotatable bonds is 3. The summed E-state index contributed by atoms with van der Waals surface area (Å²) in [5, 5.41) is 1.03. The number of hydrogen-bond acceptors (Lipinski definition) is 1. The maximum atomic E-state index is 5.82. The third kappa shape index (κ3) is 3.55. The summed E-state index contributed by atoms with van der Waals surface area (Å²) in [6.07, 6.45) is 6.13. The van der Waals surface area contributed by atoms with E-state index in [-0.39, 0.29) is 0 Å². The third-order valence-electron chi connectivity index (χ3n) is 1.41. The first-order chi connectivity index (χ1) is 6.24. The van der Waals surface area contributed by atoms with Gasteiger partial charge in [0.25, 0.3) is 0 Å². The number of pyridine rings is 1. The highest BCUT2D eigenvalue weighted by atomic mass is 35.5. The van der Waals surface area contributed by atoms with Crippen molar-refractivity contribution in [2.24, 2.45) is 0 Å². The van der Waals surface area contributed by atoms with E-state index in [1.54, 1.807) is 6.07 Å². The normalized spacial score (nSPS) is 11.0. The van der Waals surface area contributed by atoms with Crippen LogP contribution in [0.5, 0.6) is 0 Å². The maximum Gasteiger partial charge on any atom is 0.136 e. The lowest BCUT2D eigenvalue weighted by Gasteiger charge is -1.97. The Morgan fingerprint density at radius 1 is 1.38 bits per heavy atom. The fourth-order valence-corrected chi connectivity index (χ4v) is 1.29. The molecular formula is C9H8Cl3N. The topological polar surface area (TPSA) is 12.9 Å². The summed E-state index contributed by atoms with van der Waals surface area (Å²) in [5.41, 5.74) is 0.819. The number of nitrogens with zero attached hydrogens (tertiary/aromatic N) is 1. The van der Waals surface area contributed by atoms with Crippen LogP contribution in [0, 0.1) is 0 Å². The molecule has 0 aliphatic heterocycles. The molecule has 1 aromatic rings. The van der Waals surface area contributed by atoms with E-state index in [9.17, 15) is 0 Å². The molecule has 0 atom stereocenters. The molecule has 0 bridgehead atoms. The molecule has 0 radical (unpaired) electrons. The van der Waals surface area contributed by atoms with Crippen LogP contribution in [0.4, 0.5) is 0 Å². The molecule has 0 saturated carbocycles. The largest absolute Gasteiger partial charge is 0.242 e. The minimum Gasteiger partial charge on any atom is -0.242 e. The van der Waals surface area contributed by atoms with Crippen molar-refractivity contribution in [1.82, 2.24) is 4.98 Å². The standard InChI is InChI=1S/C9H8Cl3N/c10-4-2-1-3-7-5-8(11)6-13-9(7)12/h1,3,5-6H,2,4H2. The summed E-state index contributed by atoms with van der Waals surface area (Å²) >= 11 is 17.1. The molecule has 1 aromatic heterocycles. The molecule has 1 nitrogen and oxygen atoms in total. The van der Waals surface area contributed by atoms with Gasteiger partial charge in [0.15, 0.2) is 0 Å². The molecule has 0 aromatic carbocycles. The summed E-state index contributed by atoms with van der Waals surface area (Å²) in [4.78, 5) is 3.91. The number of aromatic nitrogens is 1. The van der Waals surface area contributed by atoms with E-state index in [4.69, 9.17) is 34.8 Å². The Morgan fingerprint density at radius 2 is 2.15 bits per heavy atom. The molecule has 0 fully saturated rings. The van der Waals surface area contributed by atoms with Gasteiger partial charge in [0, 0.05) is 17.6 Å². The molecule has 0 amide bonds. The van der Waals surface area contributed by atoms with E-state index in [2.05, 4.69) is 4.98 Å². The average molecular weight is 237 g/mol. The minimum absolute atomic E-state index is 0.454. The third-order valence-corrected chi connectivity index (χ3v) is 2.15. The molecule has 0 saturated heterocycles. The number of hydrogen-bond donors (Lipinski definition) is 0. The number of halogens is 3. The first-order valence-electron chi connectivity index (χ1n) is 3.77. The Kier molecular flexibility index (Phi) is 4.57. The van der Waals surface area contributed by atoms with Gasteiger partial charge in [-0.25, -0.2) is 4.98 Å². The van der Waals surface area contributed by atoms with Gasteiger partial charge in [0.1, 0.15) is 5.15 Å². The first-order valence-corrected chi connectivity index (χ1v) is 5.06. The Morgan fingerprint density at radius 3 is 2.85 bits per heavy atom. The molecule has 13 heavy (non-hydrogen) atoms. The van der Waals surface area contributed by atoms with Crippen LogP contribution in [-0.2, 0) is 0 Å². The molecule has 70 valence electrons.